The fourth-order valence-corrected chi connectivity index (χ4v) is 4.13. The molecule has 4 aromatic rings. The number of rotatable bonds is 5. The first kappa shape index (κ1) is 22.2. The van der Waals surface area contributed by atoms with E-state index in [-0.39, 0.29) is 16.9 Å². The molecule has 0 aromatic carbocycles. The number of methoxy groups -OCH3 is 1. The summed E-state index contributed by atoms with van der Waals surface area (Å²) in [6, 6.07) is 2.93. The van der Waals surface area contributed by atoms with Crippen molar-refractivity contribution in [1.29, 1.82) is 0 Å². The molecule has 1 unspecified atom stereocenters. The van der Waals surface area contributed by atoms with Crippen LogP contribution in [0.4, 0.5) is 17.6 Å². The highest BCUT2D eigenvalue weighted by molar-refractivity contribution is 9.10. The van der Waals surface area contributed by atoms with Gasteiger partial charge in [0.25, 0.3) is 0 Å². The quantitative estimate of drug-likeness (QED) is 0.279. The van der Waals surface area contributed by atoms with Crippen LogP contribution < -0.4 is 0 Å². The van der Waals surface area contributed by atoms with E-state index in [1.165, 1.54) is 34.8 Å². The van der Waals surface area contributed by atoms with Crippen molar-refractivity contribution in [2.24, 2.45) is 7.05 Å². The van der Waals surface area contributed by atoms with Gasteiger partial charge in [-0.3, -0.25) is 14.6 Å². The number of fused-ring (bicyclic) bond motifs is 3. The molecule has 12 heteroatoms. The van der Waals surface area contributed by atoms with Gasteiger partial charge in [-0.1, -0.05) is 0 Å². The number of carbonyl (C=O) groups is 1. The van der Waals surface area contributed by atoms with Gasteiger partial charge >= 0.3 is 12.1 Å². The maximum absolute atomic E-state index is 14.8. The molecule has 168 valence electrons. The molecule has 1 atom stereocenters. The van der Waals surface area contributed by atoms with Crippen LogP contribution in [0.25, 0.3) is 22.1 Å². The first-order valence-corrected chi connectivity index (χ1v) is 10.2. The topological polar surface area (TPSA) is 74.8 Å². The Morgan fingerprint density at radius 1 is 1.28 bits per heavy atom. The van der Waals surface area contributed by atoms with E-state index >= 15 is 0 Å². The zero-order chi connectivity index (χ0) is 23.2. The molecule has 0 amide bonds. The Balaban J connectivity index is 2.11. The number of carbonyl (C=O) groups excluding carboxylic acids is 1. The molecule has 0 fully saturated rings. The lowest BCUT2D eigenvalue weighted by molar-refractivity contribution is -0.136. The minimum absolute atomic E-state index is 0.118. The molecule has 0 radical (unpaired) electrons. The molecule has 4 heterocycles. The first-order chi connectivity index (χ1) is 15.1. The van der Waals surface area contributed by atoms with Crippen molar-refractivity contribution >= 4 is 44.0 Å². The van der Waals surface area contributed by atoms with Gasteiger partial charge in [-0.2, -0.15) is 18.3 Å². The lowest BCUT2D eigenvalue weighted by Crippen LogP contribution is -2.19. The average molecular weight is 514 g/mol. The molecule has 0 aliphatic heterocycles. The standard InChI is InChI=1S/C20H16BrF4N5O2/c1-29-17-15-13(8-10(21)9-27-15)30(18(17)16(28-29)19(31)32-2)12(5-6-20(23,24)25)14-11(22)4-3-7-26-14/h3-4,7-9,12H,5-6H2,1-2H3. The summed E-state index contributed by atoms with van der Waals surface area (Å²) in [6.45, 7) is 0. The largest absolute Gasteiger partial charge is 0.464 e. The van der Waals surface area contributed by atoms with Crippen molar-refractivity contribution in [2.45, 2.75) is 25.1 Å². The number of aromatic nitrogens is 5. The SMILES string of the molecule is COC(=O)c1nn(C)c2c3ncc(Br)cc3n(C(CCC(F)(F)F)c3ncccc3F)c12. The molecule has 0 aliphatic carbocycles. The summed E-state index contributed by atoms with van der Waals surface area (Å²) in [7, 11) is 2.75. The Labute approximate surface area is 187 Å². The molecular weight excluding hydrogens is 498 g/mol. The van der Waals surface area contributed by atoms with E-state index < -0.39 is 36.8 Å². The molecule has 0 N–H and O–H groups in total. The smallest absolute Gasteiger partial charge is 0.389 e. The maximum Gasteiger partial charge on any atom is 0.389 e. The third kappa shape index (κ3) is 3.83. The molecule has 7 nitrogen and oxygen atoms in total. The lowest BCUT2D eigenvalue weighted by Gasteiger charge is -2.22. The molecule has 0 saturated heterocycles. The van der Waals surface area contributed by atoms with E-state index in [4.69, 9.17) is 4.74 Å². The highest BCUT2D eigenvalue weighted by atomic mass is 79.9. The molecular formula is C20H16BrF4N5O2. The van der Waals surface area contributed by atoms with Gasteiger partial charge in [0.05, 0.1) is 24.4 Å². The molecule has 0 saturated carbocycles. The normalized spacial score (nSPS) is 13.1. The second-order valence-electron chi connectivity index (χ2n) is 7.09. The summed E-state index contributed by atoms with van der Waals surface area (Å²) in [6.07, 6.45) is -3.36. The number of hydrogen-bond acceptors (Lipinski definition) is 5. The number of alkyl halides is 3. The summed E-state index contributed by atoms with van der Waals surface area (Å²) in [5, 5.41) is 4.19. The van der Waals surface area contributed by atoms with Gasteiger partial charge in [-0.15, -0.1) is 0 Å². The Kier molecular flexibility index (Phi) is 5.65. The monoisotopic (exact) mass is 513 g/mol. The zero-order valence-corrected chi connectivity index (χ0v) is 18.4. The summed E-state index contributed by atoms with van der Waals surface area (Å²) in [5.74, 6) is -1.55. The van der Waals surface area contributed by atoms with Crippen LogP contribution in [0.3, 0.4) is 0 Å². The van der Waals surface area contributed by atoms with Crippen LogP contribution in [0.1, 0.15) is 35.1 Å². The number of halogens is 5. The van der Waals surface area contributed by atoms with Gasteiger partial charge in [0.2, 0.25) is 0 Å². The van der Waals surface area contributed by atoms with Crippen LogP contribution in [-0.4, -0.2) is 43.6 Å². The maximum atomic E-state index is 14.8. The van der Waals surface area contributed by atoms with Crippen LogP contribution in [-0.2, 0) is 11.8 Å². The van der Waals surface area contributed by atoms with Crippen molar-refractivity contribution in [3.63, 3.8) is 0 Å². The zero-order valence-electron chi connectivity index (χ0n) is 16.8. The average Bonchev–Trinajstić information content (AvgIpc) is 3.23. The van der Waals surface area contributed by atoms with Crippen molar-refractivity contribution in [2.75, 3.05) is 7.11 Å². The van der Waals surface area contributed by atoms with Crippen LogP contribution in [0.15, 0.2) is 35.1 Å². The molecule has 0 bridgehead atoms. The summed E-state index contributed by atoms with van der Waals surface area (Å²) < 4.78 is 62.6. The molecule has 0 aliphatic rings. The van der Waals surface area contributed by atoms with Crippen LogP contribution in [0.2, 0.25) is 0 Å². The Hall–Kier alpha value is -3.02. The highest BCUT2D eigenvalue weighted by Crippen LogP contribution is 2.39. The van der Waals surface area contributed by atoms with E-state index in [9.17, 15) is 22.4 Å². The molecule has 0 spiro atoms. The van der Waals surface area contributed by atoms with Crippen molar-refractivity contribution < 1.29 is 27.1 Å². The van der Waals surface area contributed by atoms with E-state index in [1.807, 2.05) is 0 Å². The van der Waals surface area contributed by atoms with Crippen LogP contribution in [0.5, 0.6) is 0 Å². The lowest BCUT2D eigenvalue weighted by atomic mass is 10.1. The number of nitrogens with zero attached hydrogens (tertiary/aromatic N) is 5. The number of esters is 1. The van der Waals surface area contributed by atoms with E-state index in [0.717, 1.165) is 6.07 Å². The van der Waals surface area contributed by atoms with Crippen LogP contribution in [0, 0.1) is 5.82 Å². The molecule has 4 aromatic heterocycles. The van der Waals surface area contributed by atoms with E-state index in [2.05, 4.69) is 31.0 Å². The van der Waals surface area contributed by atoms with Gasteiger partial charge in [-0.05, 0) is 40.5 Å². The summed E-state index contributed by atoms with van der Waals surface area (Å²) in [5.41, 5.74) is 1.08. The highest BCUT2D eigenvalue weighted by Gasteiger charge is 2.34. The number of hydrogen-bond donors (Lipinski definition) is 0. The fourth-order valence-electron chi connectivity index (χ4n) is 3.81. The van der Waals surface area contributed by atoms with Gasteiger partial charge in [0.15, 0.2) is 5.69 Å². The number of aryl methyl sites for hydroxylation is 1. The first-order valence-electron chi connectivity index (χ1n) is 9.40. The Bertz CT molecular complexity index is 1330. The van der Waals surface area contributed by atoms with Crippen LogP contribution >= 0.6 is 15.9 Å². The third-order valence-electron chi connectivity index (χ3n) is 5.08. The summed E-state index contributed by atoms with van der Waals surface area (Å²) >= 11 is 3.32. The minimum atomic E-state index is -4.48. The van der Waals surface area contributed by atoms with Crippen molar-refractivity contribution in [1.82, 2.24) is 24.3 Å². The van der Waals surface area contributed by atoms with Gasteiger partial charge in [0.1, 0.15) is 22.4 Å². The van der Waals surface area contributed by atoms with Gasteiger partial charge in [-0.25, -0.2) is 9.18 Å². The fraction of sp³-hybridized carbons (Fsp3) is 0.300. The van der Waals surface area contributed by atoms with E-state index in [0.29, 0.717) is 21.0 Å². The third-order valence-corrected chi connectivity index (χ3v) is 5.51. The Morgan fingerprint density at radius 3 is 2.69 bits per heavy atom. The summed E-state index contributed by atoms with van der Waals surface area (Å²) in [4.78, 5) is 20.9. The predicted octanol–water partition coefficient (Wildman–Crippen LogP) is 4.94. The van der Waals surface area contributed by atoms with Crippen molar-refractivity contribution in [3.8, 4) is 0 Å². The van der Waals surface area contributed by atoms with Gasteiger partial charge in [0, 0.05) is 30.3 Å². The Morgan fingerprint density at radius 2 is 2.03 bits per heavy atom. The molecule has 32 heavy (non-hydrogen) atoms. The second-order valence-corrected chi connectivity index (χ2v) is 8.01. The number of ether oxygens (including phenoxy) is 1. The second kappa shape index (κ2) is 8.15. The molecule has 4 rings (SSSR count). The van der Waals surface area contributed by atoms with Crippen molar-refractivity contribution in [3.05, 3.63) is 52.3 Å². The predicted molar refractivity (Wildman–Crippen MR) is 111 cm³/mol. The van der Waals surface area contributed by atoms with Gasteiger partial charge < -0.3 is 9.30 Å². The van der Waals surface area contributed by atoms with E-state index in [1.54, 1.807) is 13.1 Å². The minimum Gasteiger partial charge on any atom is -0.464 e. The number of pyridine rings is 2.